The molecular formula is C18H13FN2O2+2. The lowest BCUT2D eigenvalue weighted by Crippen LogP contribution is -2.69. The van der Waals surface area contributed by atoms with Gasteiger partial charge >= 0.3 is 11.7 Å². The molecule has 1 aliphatic heterocycles. The third-order valence-electron chi connectivity index (χ3n) is 3.83. The van der Waals surface area contributed by atoms with Gasteiger partial charge in [0.05, 0.1) is 14.9 Å². The number of rotatable bonds is 0. The first kappa shape index (κ1) is 13.6. The van der Waals surface area contributed by atoms with Crippen molar-refractivity contribution in [2.75, 3.05) is 0 Å². The molecule has 23 heavy (non-hydrogen) atoms. The maximum absolute atomic E-state index is 14.5. The smallest absolute Gasteiger partial charge is 0.411 e. The van der Waals surface area contributed by atoms with Gasteiger partial charge in [-0.3, -0.25) is 0 Å². The van der Waals surface area contributed by atoms with Crippen molar-refractivity contribution in [1.82, 2.24) is 0 Å². The molecule has 0 fully saturated rings. The van der Waals surface area contributed by atoms with Gasteiger partial charge in [-0.1, -0.05) is 12.1 Å². The van der Waals surface area contributed by atoms with Gasteiger partial charge < -0.3 is 4.74 Å². The summed E-state index contributed by atoms with van der Waals surface area (Å²) in [5, 5.41) is 0. The third-order valence-corrected chi connectivity index (χ3v) is 3.83. The number of halogens is 1. The van der Waals surface area contributed by atoms with Crippen LogP contribution in [0.4, 0.5) is 4.39 Å². The highest BCUT2D eigenvalue weighted by molar-refractivity contribution is 5.85. The van der Waals surface area contributed by atoms with Crippen LogP contribution in [0.2, 0.25) is 0 Å². The van der Waals surface area contributed by atoms with Gasteiger partial charge in [-0.05, 0) is 18.2 Å². The summed E-state index contributed by atoms with van der Waals surface area (Å²) in [5.41, 5.74) is 2.09. The standard InChI is InChI=1S/C18H13FN2O2/c19-14-7-5-6-13-12-23-18(22)16-9-2-4-11-21(16)20-10-3-1-8-15(20)17(13)14/h1-11H,12H2/q+2. The molecule has 0 bridgehead atoms. The molecule has 3 aromatic rings. The maximum Gasteiger partial charge on any atom is 0.411 e. The van der Waals surface area contributed by atoms with Gasteiger partial charge in [0.1, 0.15) is 12.4 Å². The number of fused-ring (bicyclic) bond motifs is 5. The maximum atomic E-state index is 14.5. The first-order valence-electron chi connectivity index (χ1n) is 7.22. The highest BCUT2D eigenvalue weighted by atomic mass is 19.1. The molecule has 4 nitrogen and oxygen atoms in total. The van der Waals surface area contributed by atoms with Gasteiger partial charge in [-0.15, -0.1) is 0 Å². The molecule has 0 radical (unpaired) electrons. The monoisotopic (exact) mass is 308 g/mol. The van der Waals surface area contributed by atoms with Crippen molar-refractivity contribution in [3.05, 3.63) is 84.1 Å². The second kappa shape index (κ2) is 5.28. The van der Waals surface area contributed by atoms with E-state index in [-0.39, 0.29) is 12.4 Å². The van der Waals surface area contributed by atoms with Gasteiger partial charge in [0.15, 0.2) is 0 Å². The Kier molecular flexibility index (Phi) is 3.12. The molecule has 0 saturated heterocycles. The summed E-state index contributed by atoms with van der Waals surface area (Å²) >= 11 is 0. The number of hydrogen-bond acceptors (Lipinski definition) is 2. The molecule has 0 saturated carbocycles. The summed E-state index contributed by atoms with van der Waals surface area (Å²) < 4.78 is 23.3. The van der Waals surface area contributed by atoms with Crippen molar-refractivity contribution in [2.24, 2.45) is 0 Å². The fraction of sp³-hybridized carbons (Fsp3) is 0.0556. The molecule has 112 valence electrons. The van der Waals surface area contributed by atoms with E-state index in [9.17, 15) is 9.18 Å². The van der Waals surface area contributed by atoms with E-state index in [4.69, 9.17) is 4.74 Å². The zero-order chi connectivity index (χ0) is 15.8. The topological polar surface area (TPSA) is 34.1 Å². The number of ether oxygens (including phenoxy) is 1. The van der Waals surface area contributed by atoms with Crippen LogP contribution >= 0.6 is 0 Å². The quantitative estimate of drug-likeness (QED) is 0.470. The van der Waals surface area contributed by atoms with E-state index in [1.54, 1.807) is 52.1 Å². The van der Waals surface area contributed by atoms with E-state index < -0.39 is 5.97 Å². The van der Waals surface area contributed by atoms with Crippen LogP contribution in [0.1, 0.15) is 16.1 Å². The highest BCUT2D eigenvalue weighted by Gasteiger charge is 2.34. The molecule has 5 heteroatoms. The first-order chi connectivity index (χ1) is 11.3. The van der Waals surface area contributed by atoms with Crippen LogP contribution in [0.15, 0.2) is 67.0 Å². The minimum absolute atomic E-state index is 0.0235. The van der Waals surface area contributed by atoms with Crippen molar-refractivity contribution in [2.45, 2.75) is 6.61 Å². The normalized spacial score (nSPS) is 12.8. The van der Waals surface area contributed by atoms with Crippen molar-refractivity contribution in [1.29, 1.82) is 0 Å². The van der Waals surface area contributed by atoms with Crippen molar-refractivity contribution in [3.63, 3.8) is 0 Å². The van der Waals surface area contributed by atoms with E-state index in [0.29, 0.717) is 22.5 Å². The van der Waals surface area contributed by atoms with Gasteiger partial charge in [0, 0.05) is 29.8 Å². The molecule has 1 aliphatic rings. The molecule has 0 N–H and O–H groups in total. The van der Waals surface area contributed by atoms with Crippen LogP contribution in [0.3, 0.4) is 0 Å². The minimum atomic E-state index is -0.454. The van der Waals surface area contributed by atoms with Crippen molar-refractivity contribution < 1.29 is 23.3 Å². The van der Waals surface area contributed by atoms with Crippen LogP contribution < -0.4 is 9.35 Å². The molecule has 4 rings (SSSR count). The lowest BCUT2D eigenvalue weighted by atomic mass is 10.0. The van der Waals surface area contributed by atoms with Gasteiger partial charge in [0.2, 0.25) is 12.4 Å². The number of aromatic nitrogens is 2. The number of cyclic esters (lactones) is 1. The Bertz CT molecular complexity index is 924. The zero-order valence-electron chi connectivity index (χ0n) is 12.1. The van der Waals surface area contributed by atoms with Crippen LogP contribution in [-0.2, 0) is 11.3 Å². The number of carbonyl (C=O) groups excluding carboxylic acids is 1. The van der Waals surface area contributed by atoms with Gasteiger partial charge in [-0.2, -0.15) is 0 Å². The summed E-state index contributed by atoms with van der Waals surface area (Å²) in [6.45, 7) is 0.0235. The van der Waals surface area contributed by atoms with Crippen LogP contribution in [-0.4, -0.2) is 5.97 Å². The van der Waals surface area contributed by atoms with Gasteiger partial charge in [0.25, 0.3) is 5.69 Å². The molecule has 2 aromatic heterocycles. The summed E-state index contributed by atoms with van der Waals surface area (Å²) in [6, 6.07) is 15.5. The Balaban J connectivity index is 2.11. The first-order valence-corrected chi connectivity index (χ1v) is 7.22. The Hall–Kier alpha value is -3.08. The lowest BCUT2D eigenvalue weighted by Gasteiger charge is -2.06. The Morgan fingerprint density at radius 2 is 1.57 bits per heavy atom. The summed E-state index contributed by atoms with van der Waals surface area (Å²) in [4.78, 5) is 12.4. The second-order valence-corrected chi connectivity index (χ2v) is 5.21. The molecule has 3 heterocycles. The highest BCUT2D eigenvalue weighted by Crippen LogP contribution is 2.25. The number of benzene rings is 1. The average molecular weight is 308 g/mol. The van der Waals surface area contributed by atoms with E-state index in [1.807, 2.05) is 18.2 Å². The van der Waals surface area contributed by atoms with E-state index in [2.05, 4.69) is 0 Å². The molecule has 0 spiro atoms. The fourth-order valence-corrected chi connectivity index (χ4v) is 2.80. The van der Waals surface area contributed by atoms with Crippen molar-refractivity contribution >= 4 is 5.97 Å². The number of esters is 1. The average Bonchev–Trinajstić information content (AvgIpc) is 2.64. The zero-order valence-corrected chi connectivity index (χ0v) is 12.1. The predicted molar refractivity (Wildman–Crippen MR) is 78.6 cm³/mol. The summed E-state index contributed by atoms with van der Waals surface area (Å²) in [6.07, 6.45) is 3.53. The lowest BCUT2D eigenvalue weighted by molar-refractivity contribution is -1.29. The molecule has 0 unspecified atom stereocenters. The predicted octanol–water partition coefficient (Wildman–Crippen LogP) is 2.05. The van der Waals surface area contributed by atoms with E-state index in [1.165, 1.54) is 6.07 Å². The number of hydrogen-bond donors (Lipinski definition) is 0. The summed E-state index contributed by atoms with van der Waals surface area (Å²) in [5.74, 6) is -0.802. The fourth-order valence-electron chi connectivity index (χ4n) is 2.80. The minimum Gasteiger partial charge on any atom is -0.453 e. The Morgan fingerprint density at radius 1 is 0.870 bits per heavy atom. The van der Waals surface area contributed by atoms with Crippen molar-refractivity contribution in [3.8, 4) is 11.3 Å². The SMILES string of the molecule is O=C1OCc2cccc(F)c2-c2cccc[n+]2-[n+]2ccccc21. The van der Waals surface area contributed by atoms with E-state index in [0.717, 1.165) is 0 Å². The number of pyridine rings is 2. The largest absolute Gasteiger partial charge is 0.453 e. The molecule has 0 aliphatic carbocycles. The van der Waals surface area contributed by atoms with E-state index >= 15 is 0 Å². The third kappa shape index (κ3) is 2.17. The number of nitrogens with zero attached hydrogens (tertiary/aromatic N) is 2. The Morgan fingerprint density at radius 3 is 2.35 bits per heavy atom. The van der Waals surface area contributed by atoms with Gasteiger partial charge in [-0.25, -0.2) is 9.18 Å². The van der Waals surface area contributed by atoms with Crippen LogP contribution in [0.5, 0.6) is 0 Å². The Labute approximate surface area is 132 Å². The summed E-state index contributed by atoms with van der Waals surface area (Å²) in [7, 11) is 0. The molecule has 0 amide bonds. The second-order valence-electron chi connectivity index (χ2n) is 5.21. The molecule has 1 aromatic carbocycles. The van der Waals surface area contributed by atoms with Crippen LogP contribution in [0, 0.1) is 5.82 Å². The van der Waals surface area contributed by atoms with Crippen LogP contribution in [0.25, 0.3) is 11.3 Å². The molecular weight excluding hydrogens is 295 g/mol. The number of carbonyl (C=O) groups is 1. The molecule has 0 atom stereocenters.